The summed E-state index contributed by atoms with van der Waals surface area (Å²) in [5.74, 6) is 1.04. The van der Waals surface area contributed by atoms with Crippen LogP contribution in [0.15, 0.2) is 40.8 Å². The van der Waals surface area contributed by atoms with Gasteiger partial charge in [-0.15, -0.1) is 0 Å². The molecule has 1 heterocycles. The van der Waals surface area contributed by atoms with Crippen molar-refractivity contribution in [2.24, 2.45) is 5.92 Å². The summed E-state index contributed by atoms with van der Waals surface area (Å²) < 4.78 is 5.87. The third kappa shape index (κ3) is 5.46. The largest absolute Gasteiger partial charge is 0.480 e. The van der Waals surface area contributed by atoms with Gasteiger partial charge in [-0.05, 0) is 35.4 Å². The van der Waals surface area contributed by atoms with Crippen molar-refractivity contribution >= 4 is 5.97 Å². The van der Waals surface area contributed by atoms with Crippen LogP contribution in [0.5, 0.6) is 0 Å². The number of carbonyl (C=O) groups is 1. The Morgan fingerprint density at radius 1 is 1.12 bits per heavy atom. The highest BCUT2D eigenvalue weighted by Crippen LogP contribution is 2.27. The van der Waals surface area contributed by atoms with E-state index in [0.717, 1.165) is 17.1 Å². The zero-order valence-electron chi connectivity index (χ0n) is 15.8. The van der Waals surface area contributed by atoms with Crippen LogP contribution in [0, 0.1) is 5.92 Å². The summed E-state index contributed by atoms with van der Waals surface area (Å²) in [7, 11) is 0. The fraction of sp³-hybridized carbons (Fsp3) is 0.476. The second-order valence-corrected chi connectivity index (χ2v) is 7.99. The van der Waals surface area contributed by atoms with Crippen LogP contribution in [0.1, 0.15) is 52.4 Å². The van der Waals surface area contributed by atoms with E-state index in [4.69, 9.17) is 4.42 Å². The molecule has 0 aliphatic rings. The van der Waals surface area contributed by atoms with Gasteiger partial charge < -0.3 is 9.52 Å². The fourth-order valence-electron chi connectivity index (χ4n) is 2.73. The van der Waals surface area contributed by atoms with Gasteiger partial charge in [0.25, 0.3) is 0 Å². The molecule has 0 spiro atoms. The smallest absolute Gasteiger partial charge is 0.320 e. The quantitative estimate of drug-likeness (QED) is 0.755. The molecule has 1 atom stereocenters. The minimum Gasteiger partial charge on any atom is -0.480 e. The van der Waals surface area contributed by atoms with Gasteiger partial charge in [-0.2, -0.15) is 0 Å². The Labute approximate surface area is 150 Å². The lowest BCUT2D eigenvalue weighted by Crippen LogP contribution is -2.37. The van der Waals surface area contributed by atoms with E-state index in [2.05, 4.69) is 50.4 Å². The summed E-state index contributed by atoms with van der Waals surface area (Å²) >= 11 is 0. The van der Waals surface area contributed by atoms with Crippen LogP contribution in [0.2, 0.25) is 0 Å². The Bertz CT molecular complexity index is 693. The zero-order valence-corrected chi connectivity index (χ0v) is 15.8. The van der Waals surface area contributed by atoms with Crippen molar-refractivity contribution in [3.05, 3.63) is 47.7 Å². The third-order valence-corrected chi connectivity index (χ3v) is 4.22. The maximum Gasteiger partial charge on any atom is 0.320 e. The van der Waals surface area contributed by atoms with E-state index in [1.54, 1.807) is 0 Å². The van der Waals surface area contributed by atoms with E-state index in [0.29, 0.717) is 18.9 Å². The molecule has 1 aromatic heterocycles. The van der Waals surface area contributed by atoms with Crippen molar-refractivity contribution in [1.29, 1.82) is 0 Å². The minimum absolute atomic E-state index is 0.124. The Morgan fingerprint density at radius 3 is 2.28 bits per heavy atom. The van der Waals surface area contributed by atoms with E-state index in [-0.39, 0.29) is 5.41 Å². The molecule has 0 bridgehead atoms. The van der Waals surface area contributed by atoms with Crippen LogP contribution < -0.4 is 5.32 Å². The first kappa shape index (κ1) is 19.3. The first-order valence-electron chi connectivity index (χ1n) is 8.82. The van der Waals surface area contributed by atoms with Gasteiger partial charge in [0.05, 0.1) is 6.54 Å². The van der Waals surface area contributed by atoms with Crippen molar-refractivity contribution < 1.29 is 14.3 Å². The number of nitrogens with one attached hydrogen (secondary N) is 1. The molecule has 0 fully saturated rings. The van der Waals surface area contributed by atoms with Gasteiger partial charge in [0.1, 0.15) is 17.6 Å². The van der Waals surface area contributed by atoms with Crippen LogP contribution in [-0.2, 0) is 16.8 Å². The molecule has 2 N–H and O–H groups in total. The van der Waals surface area contributed by atoms with Crippen LogP contribution in [0.4, 0.5) is 0 Å². The molecule has 4 heteroatoms. The van der Waals surface area contributed by atoms with Crippen LogP contribution >= 0.6 is 0 Å². The topological polar surface area (TPSA) is 62.5 Å². The normalized spacial score (nSPS) is 13.2. The molecule has 4 nitrogen and oxygen atoms in total. The molecule has 136 valence electrons. The van der Waals surface area contributed by atoms with E-state index < -0.39 is 12.0 Å². The molecule has 0 saturated carbocycles. The third-order valence-electron chi connectivity index (χ3n) is 4.22. The summed E-state index contributed by atoms with van der Waals surface area (Å²) in [6, 6.07) is 11.7. The van der Waals surface area contributed by atoms with Gasteiger partial charge in [0.15, 0.2) is 0 Å². The molecular weight excluding hydrogens is 314 g/mol. The molecule has 0 radical (unpaired) electrons. The Hall–Kier alpha value is -2.07. The SMILES string of the molecule is CC(C)CC(NCc1ccc(-c2ccc(C(C)(C)C)cc2)o1)C(=O)O. The summed E-state index contributed by atoms with van der Waals surface area (Å²) in [6.07, 6.45) is 0.594. The summed E-state index contributed by atoms with van der Waals surface area (Å²) in [5, 5.41) is 12.3. The fourth-order valence-corrected chi connectivity index (χ4v) is 2.73. The lowest BCUT2D eigenvalue weighted by molar-refractivity contribution is -0.140. The highest BCUT2D eigenvalue weighted by atomic mass is 16.4. The lowest BCUT2D eigenvalue weighted by atomic mass is 9.86. The predicted molar refractivity (Wildman–Crippen MR) is 101 cm³/mol. The molecule has 0 aliphatic heterocycles. The van der Waals surface area contributed by atoms with Crippen molar-refractivity contribution in [1.82, 2.24) is 5.32 Å². The van der Waals surface area contributed by atoms with Gasteiger partial charge in [0, 0.05) is 5.56 Å². The molecule has 0 amide bonds. The monoisotopic (exact) mass is 343 g/mol. The maximum atomic E-state index is 11.3. The van der Waals surface area contributed by atoms with Crippen LogP contribution in [0.25, 0.3) is 11.3 Å². The number of hydrogen-bond acceptors (Lipinski definition) is 3. The summed E-state index contributed by atoms with van der Waals surface area (Å²) in [5.41, 5.74) is 2.43. The lowest BCUT2D eigenvalue weighted by Gasteiger charge is -2.18. The maximum absolute atomic E-state index is 11.3. The van der Waals surface area contributed by atoms with Crippen molar-refractivity contribution in [2.75, 3.05) is 0 Å². The van der Waals surface area contributed by atoms with Crippen molar-refractivity contribution in [3.63, 3.8) is 0 Å². The number of hydrogen-bond donors (Lipinski definition) is 2. The van der Waals surface area contributed by atoms with Gasteiger partial charge >= 0.3 is 5.97 Å². The standard InChI is InChI=1S/C21H29NO3/c1-14(2)12-18(20(23)24)22-13-17-10-11-19(25-17)15-6-8-16(9-7-15)21(3,4)5/h6-11,14,18,22H,12-13H2,1-5H3,(H,23,24). The van der Waals surface area contributed by atoms with E-state index in [9.17, 15) is 9.90 Å². The number of carboxylic acid groups (broad SMARTS) is 1. The van der Waals surface area contributed by atoms with Crippen LogP contribution in [0.3, 0.4) is 0 Å². The molecule has 0 aliphatic carbocycles. The first-order chi connectivity index (χ1) is 11.7. The van der Waals surface area contributed by atoms with Gasteiger partial charge in [-0.1, -0.05) is 58.9 Å². The number of aliphatic carboxylic acids is 1. The van der Waals surface area contributed by atoms with Gasteiger partial charge in [0.2, 0.25) is 0 Å². The summed E-state index contributed by atoms with van der Waals surface area (Å²) in [6.45, 7) is 11.0. The molecule has 2 rings (SSSR count). The van der Waals surface area contributed by atoms with Crippen LogP contribution in [-0.4, -0.2) is 17.1 Å². The first-order valence-corrected chi connectivity index (χ1v) is 8.82. The van der Waals surface area contributed by atoms with E-state index in [1.807, 2.05) is 26.0 Å². The van der Waals surface area contributed by atoms with Crippen molar-refractivity contribution in [2.45, 2.75) is 59.0 Å². The van der Waals surface area contributed by atoms with E-state index >= 15 is 0 Å². The molecule has 1 aromatic carbocycles. The second kappa shape index (κ2) is 7.87. The summed E-state index contributed by atoms with van der Waals surface area (Å²) in [4.78, 5) is 11.3. The zero-order chi connectivity index (χ0) is 18.6. The molecule has 25 heavy (non-hydrogen) atoms. The van der Waals surface area contributed by atoms with E-state index in [1.165, 1.54) is 5.56 Å². The average Bonchev–Trinajstić information content (AvgIpc) is 2.99. The average molecular weight is 343 g/mol. The Kier molecular flexibility index (Phi) is 6.07. The van der Waals surface area contributed by atoms with Gasteiger partial charge in [-0.25, -0.2) is 0 Å². The van der Waals surface area contributed by atoms with Gasteiger partial charge in [-0.3, -0.25) is 10.1 Å². The molecule has 1 unspecified atom stereocenters. The highest BCUT2D eigenvalue weighted by Gasteiger charge is 2.19. The number of carboxylic acids is 1. The number of rotatable bonds is 7. The predicted octanol–water partition coefficient (Wildman–Crippen LogP) is 4.83. The Morgan fingerprint density at radius 2 is 1.76 bits per heavy atom. The minimum atomic E-state index is -0.821. The number of benzene rings is 1. The molecular formula is C21H29NO3. The second-order valence-electron chi connectivity index (χ2n) is 7.99. The molecule has 0 saturated heterocycles. The highest BCUT2D eigenvalue weighted by molar-refractivity contribution is 5.73. The Balaban J connectivity index is 2.03. The number of furan rings is 1. The van der Waals surface area contributed by atoms with Crippen molar-refractivity contribution in [3.8, 4) is 11.3 Å². The molecule has 2 aromatic rings.